The molecule has 0 aromatic rings. The van der Waals surface area contributed by atoms with Gasteiger partial charge in [0.1, 0.15) is 0 Å². The summed E-state index contributed by atoms with van der Waals surface area (Å²) in [6.45, 7) is 2.73. The zero-order valence-electron chi connectivity index (χ0n) is 11.1. The van der Waals surface area contributed by atoms with Crippen molar-refractivity contribution in [3.63, 3.8) is 0 Å². The van der Waals surface area contributed by atoms with Crippen molar-refractivity contribution >= 4 is 11.9 Å². The fourth-order valence-electron chi connectivity index (χ4n) is 2.46. The Labute approximate surface area is 108 Å². The lowest BCUT2D eigenvalue weighted by Crippen LogP contribution is -2.46. The van der Waals surface area contributed by atoms with E-state index in [1.807, 2.05) is 0 Å². The number of carbonyl (C=O) groups is 2. The predicted octanol–water partition coefficient (Wildman–Crippen LogP) is -0.411. The molecular formula is C12H23N3O3. The third kappa shape index (κ3) is 4.62. The van der Waals surface area contributed by atoms with E-state index in [9.17, 15) is 9.59 Å². The smallest absolute Gasteiger partial charge is 0.305 e. The predicted molar refractivity (Wildman–Crippen MR) is 68.1 cm³/mol. The maximum atomic E-state index is 11.9. The van der Waals surface area contributed by atoms with Gasteiger partial charge in [0, 0.05) is 20.1 Å². The van der Waals surface area contributed by atoms with E-state index >= 15 is 0 Å². The van der Waals surface area contributed by atoms with E-state index in [4.69, 9.17) is 10.8 Å². The molecule has 0 aromatic heterocycles. The van der Waals surface area contributed by atoms with Crippen LogP contribution in [0.15, 0.2) is 0 Å². The van der Waals surface area contributed by atoms with Crippen LogP contribution < -0.4 is 5.73 Å². The Kier molecular flexibility index (Phi) is 5.55. The molecule has 6 heteroatoms. The lowest BCUT2D eigenvalue weighted by atomic mass is 9.98. The summed E-state index contributed by atoms with van der Waals surface area (Å²) < 4.78 is 0. The molecule has 1 aliphatic rings. The van der Waals surface area contributed by atoms with E-state index < -0.39 is 12.0 Å². The topological polar surface area (TPSA) is 86.9 Å². The van der Waals surface area contributed by atoms with Gasteiger partial charge in [-0.05, 0) is 32.4 Å². The highest BCUT2D eigenvalue weighted by Gasteiger charge is 2.24. The molecule has 0 spiro atoms. The number of nitrogens with zero attached hydrogens (tertiary/aromatic N) is 2. The van der Waals surface area contributed by atoms with Crippen LogP contribution in [0.1, 0.15) is 19.3 Å². The highest BCUT2D eigenvalue weighted by molar-refractivity contribution is 5.85. The van der Waals surface area contributed by atoms with Crippen LogP contribution in [0.25, 0.3) is 0 Å². The molecule has 0 aromatic carbocycles. The number of carboxylic acid groups (broad SMARTS) is 1. The SMILES string of the molecule is CN1CCCC(CN(C)C(=O)C(N)CC(=O)O)C1. The summed E-state index contributed by atoms with van der Waals surface area (Å²) in [7, 11) is 3.77. The molecule has 1 heterocycles. The van der Waals surface area contributed by atoms with Gasteiger partial charge in [0.2, 0.25) is 5.91 Å². The number of hydrogen-bond acceptors (Lipinski definition) is 4. The number of piperidine rings is 1. The van der Waals surface area contributed by atoms with Crippen LogP contribution in [0.2, 0.25) is 0 Å². The molecule has 2 atom stereocenters. The Bertz CT molecular complexity index is 309. The van der Waals surface area contributed by atoms with E-state index in [1.54, 1.807) is 11.9 Å². The molecule has 0 saturated carbocycles. The molecule has 0 aliphatic carbocycles. The second-order valence-electron chi connectivity index (χ2n) is 5.19. The highest BCUT2D eigenvalue weighted by Crippen LogP contribution is 2.16. The highest BCUT2D eigenvalue weighted by atomic mass is 16.4. The maximum absolute atomic E-state index is 11.9. The third-order valence-corrected chi connectivity index (χ3v) is 3.34. The van der Waals surface area contributed by atoms with Gasteiger partial charge in [0.25, 0.3) is 0 Å². The molecule has 1 amide bonds. The average molecular weight is 257 g/mol. The first-order valence-electron chi connectivity index (χ1n) is 6.31. The van der Waals surface area contributed by atoms with Crippen LogP contribution in [0.3, 0.4) is 0 Å². The van der Waals surface area contributed by atoms with Crippen molar-refractivity contribution in [3.8, 4) is 0 Å². The Morgan fingerprint density at radius 3 is 2.78 bits per heavy atom. The lowest BCUT2D eigenvalue weighted by Gasteiger charge is -2.33. The summed E-state index contributed by atoms with van der Waals surface area (Å²) in [5.41, 5.74) is 5.57. The molecule has 18 heavy (non-hydrogen) atoms. The first-order chi connectivity index (χ1) is 8.40. The van der Waals surface area contributed by atoms with Crippen LogP contribution in [0.4, 0.5) is 0 Å². The molecule has 1 fully saturated rings. The summed E-state index contributed by atoms with van der Waals surface area (Å²) in [6.07, 6.45) is 1.94. The summed E-state index contributed by atoms with van der Waals surface area (Å²) in [5, 5.41) is 8.61. The number of aliphatic carboxylic acids is 1. The van der Waals surface area contributed by atoms with Crippen LogP contribution in [0, 0.1) is 5.92 Å². The number of carboxylic acids is 1. The summed E-state index contributed by atoms with van der Waals surface area (Å²) in [4.78, 5) is 26.2. The zero-order chi connectivity index (χ0) is 13.7. The molecule has 0 radical (unpaired) electrons. The summed E-state index contributed by atoms with van der Waals surface area (Å²) >= 11 is 0. The molecule has 0 bridgehead atoms. The summed E-state index contributed by atoms with van der Waals surface area (Å²) in [5.74, 6) is -0.873. The van der Waals surface area contributed by atoms with Gasteiger partial charge in [-0.15, -0.1) is 0 Å². The Hall–Kier alpha value is -1.14. The first-order valence-corrected chi connectivity index (χ1v) is 6.31. The van der Waals surface area contributed by atoms with Crippen molar-refractivity contribution in [2.75, 3.05) is 33.7 Å². The van der Waals surface area contributed by atoms with Crippen LogP contribution >= 0.6 is 0 Å². The zero-order valence-corrected chi connectivity index (χ0v) is 11.1. The molecule has 104 valence electrons. The van der Waals surface area contributed by atoms with Crippen LogP contribution in [0.5, 0.6) is 0 Å². The first kappa shape index (κ1) is 14.9. The summed E-state index contributed by atoms with van der Waals surface area (Å²) in [6, 6.07) is -0.936. The van der Waals surface area contributed by atoms with Gasteiger partial charge in [0.15, 0.2) is 0 Å². The van der Waals surface area contributed by atoms with Crippen molar-refractivity contribution in [2.24, 2.45) is 11.7 Å². The largest absolute Gasteiger partial charge is 0.481 e. The van der Waals surface area contributed by atoms with E-state index in [-0.39, 0.29) is 12.3 Å². The number of rotatable bonds is 5. The fraction of sp³-hybridized carbons (Fsp3) is 0.833. The van der Waals surface area contributed by atoms with Gasteiger partial charge in [-0.2, -0.15) is 0 Å². The fourth-order valence-corrected chi connectivity index (χ4v) is 2.46. The van der Waals surface area contributed by atoms with Crippen molar-refractivity contribution in [2.45, 2.75) is 25.3 Å². The van der Waals surface area contributed by atoms with Crippen molar-refractivity contribution in [1.29, 1.82) is 0 Å². The Morgan fingerprint density at radius 1 is 1.56 bits per heavy atom. The number of nitrogens with two attached hydrogens (primary N) is 1. The minimum absolute atomic E-state index is 0.286. The molecular weight excluding hydrogens is 234 g/mol. The number of carbonyl (C=O) groups excluding carboxylic acids is 1. The van der Waals surface area contributed by atoms with E-state index in [2.05, 4.69) is 11.9 Å². The molecule has 2 unspecified atom stereocenters. The normalized spacial score (nSPS) is 22.5. The van der Waals surface area contributed by atoms with E-state index in [0.29, 0.717) is 12.5 Å². The van der Waals surface area contributed by atoms with Crippen LogP contribution in [-0.4, -0.2) is 66.6 Å². The van der Waals surface area contributed by atoms with Gasteiger partial charge < -0.3 is 20.6 Å². The van der Waals surface area contributed by atoms with Crippen molar-refractivity contribution < 1.29 is 14.7 Å². The number of likely N-dealkylation sites (N-methyl/N-ethyl adjacent to an activating group) is 1. The van der Waals surface area contributed by atoms with Gasteiger partial charge >= 0.3 is 5.97 Å². The number of likely N-dealkylation sites (tertiary alicyclic amines) is 1. The molecule has 1 aliphatic heterocycles. The minimum atomic E-state index is -1.04. The monoisotopic (exact) mass is 257 g/mol. The number of amides is 1. The molecule has 6 nitrogen and oxygen atoms in total. The van der Waals surface area contributed by atoms with E-state index in [1.165, 1.54) is 0 Å². The third-order valence-electron chi connectivity index (χ3n) is 3.34. The van der Waals surface area contributed by atoms with Gasteiger partial charge in [-0.25, -0.2) is 0 Å². The Balaban J connectivity index is 2.41. The minimum Gasteiger partial charge on any atom is -0.481 e. The number of hydrogen-bond donors (Lipinski definition) is 2. The maximum Gasteiger partial charge on any atom is 0.305 e. The van der Waals surface area contributed by atoms with Crippen molar-refractivity contribution in [3.05, 3.63) is 0 Å². The quantitative estimate of drug-likeness (QED) is 0.699. The average Bonchev–Trinajstić information content (AvgIpc) is 2.27. The van der Waals surface area contributed by atoms with Gasteiger partial charge in [0.05, 0.1) is 12.5 Å². The molecule has 1 saturated heterocycles. The molecule has 3 N–H and O–H groups in total. The van der Waals surface area contributed by atoms with Gasteiger partial charge in [-0.1, -0.05) is 0 Å². The lowest BCUT2D eigenvalue weighted by molar-refractivity contribution is -0.141. The molecule has 1 rings (SSSR count). The van der Waals surface area contributed by atoms with E-state index in [0.717, 1.165) is 25.9 Å². The Morgan fingerprint density at radius 2 is 2.22 bits per heavy atom. The second-order valence-corrected chi connectivity index (χ2v) is 5.19. The van der Waals surface area contributed by atoms with Crippen molar-refractivity contribution in [1.82, 2.24) is 9.80 Å². The van der Waals surface area contributed by atoms with Crippen LogP contribution in [-0.2, 0) is 9.59 Å². The standard InChI is InChI=1S/C12H23N3O3/c1-14-5-3-4-9(7-14)8-15(2)12(18)10(13)6-11(16)17/h9-10H,3-8,13H2,1-2H3,(H,16,17). The van der Waals surface area contributed by atoms with Gasteiger partial charge in [-0.3, -0.25) is 9.59 Å². The second kappa shape index (κ2) is 6.70.